The normalized spacial score (nSPS) is 23.1. The summed E-state index contributed by atoms with van der Waals surface area (Å²) in [5.41, 5.74) is 0. The van der Waals surface area contributed by atoms with Crippen molar-refractivity contribution in [2.45, 2.75) is 103 Å². The predicted octanol–water partition coefficient (Wildman–Crippen LogP) is 6.73. The highest BCUT2D eigenvalue weighted by Crippen LogP contribution is 2.36. The highest BCUT2D eigenvalue weighted by Gasteiger charge is 2.22. The van der Waals surface area contributed by atoms with Gasteiger partial charge in [-0.25, -0.2) is 0 Å². The Hall–Kier alpha value is 0. The lowest BCUT2D eigenvalue weighted by atomic mass is 9.75. The second-order valence-corrected chi connectivity index (χ2v) is 7.49. The van der Waals surface area contributed by atoms with Gasteiger partial charge in [-0.05, 0) is 30.6 Å². The smallest absolute Gasteiger partial charge is 0.0409 e. The van der Waals surface area contributed by atoms with Gasteiger partial charge in [-0.3, -0.25) is 0 Å². The molecule has 0 nitrogen and oxygen atoms in total. The van der Waals surface area contributed by atoms with Crippen LogP contribution in [0.4, 0.5) is 0 Å². The molecule has 19 heavy (non-hydrogen) atoms. The lowest BCUT2D eigenvalue weighted by Crippen LogP contribution is -2.17. The van der Waals surface area contributed by atoms with E-state index in [4.69, 9.17) is 0 Å². The number of rotatable bonds is 7. The molecule has 2 rings (SSSR count). The Morgan fingerprint density at radius 3 is 1.63 bits per heavy atom. The van der Waals surface area contributed by atoms with Crippen LogP contribution in [0.2, 0.25) is 0 Å². The van der Waals surface area contributed by atoms with Crippen LogP contribution in [0.5, 0.6) is 0 Å². The predicted molar refractivity (Wildman–Crippen MR) is 85.4 cm³/mol. The fraction of sp³-hybridized carbons (Fsp3) is 1.00. The third kappa shape index (κ3) is 5.88. The average Bonchev–Trinajstić information content (AvgIpc) is 2.47. The van der Waals surface area contributed by atoms with Crippen LogP contribution in [-0.2, 0) is 0 Å². The second kappa shape index (κ2) is 9.03. The van der Waals surface area contributed by atoms with E-state index in [-0.39, 0.29) is 0 Å². The Kier molecular flexibility index (Phi) is 7.32. The topological polar surface area (TPSA) is 0 Å². The maximum atomic E-state index is 2.36. The molecule has 0 amide bonds. The summed E-state index contributed by atoms with van der Waals surface area (Å²) in [6.07, 6.45) is 22.9. The molecule has 0 saturated heterocycles. The van der Waals surface area contributed by atoms with Gasteiger partial charge in [-0.2, -0.15) is 0 Å². The minimum absolute atomic E-state index is 1.08. The van der Waals surface area contributed by atoms with Gasteiger partial charge in [0.1, 0.15) is 0 Å². The summed E-state index contributed by atoms with van der Waals surface area (Å²) in [6.45, 7) is 2.36. The number of hydrogen-bond donors (Lipinski definition) is 0. The summed E-state index contributed by atoms with van der Waals surface area (Å²) in [5, 5.41) is 0. The minimum Gasteiger partial charge on any atom is -0.0654 e. The molecule has 112 valence electrons. The van der Waals surface area contributed by atoms with Crippen molar-refractivity contribution in [3.8, 4) is 0 Å². The highest BCUT2D eigenvalue weighted by atomic mass is 14.3. The van der Waals surface area contributed by atoms with Crippen molar-refractivity contribution in [3.05, 3.63) is 0 Å². The lowest BCUT2D eigenvalue weighted by molar-refractivity contribution is 0.220. The van der Waals surface area contributed by atoms with E-state index >= 15 is 0 Å². The Morgan fingerprint density at radius 1 is 0.737 bits per heavy atom. The van der Waals surface area contributed by atoms with Gasteiger partial charge in [-0.15, -0.1) is 0 Å². The molecule has 0 aromatic heterocycles. The first-order valence-electron chi connectivity index (χ1n) is 9.38. The molecule has 0 radical (unpaired) electrons. The largest absolute Gasteiger partial charge is 0.0654 e. The fourth-order valence-electron chi connectivity index (χ4n) is 4.61. The Balaban J connectivity index is 1.75. The lowest BCUT2D eigenvalue weighted by Gasteiger charge is -2.30. The maximum Gasteiger partial charge on any atom is -0.0409 e. The zero-order valence-corrected chi connectivity index (χ0v) is 13.3. The molecule has 2 aliphatic carbocycles. The van der Waals surface area contributed by atoms with Gasteiger partial charge in [0.25, 0.3) is 0 Å². The van der Waals surface area contributed by atoms with Crippen LogP contribution < -0.4 is 0 Å². The standard InChI is InChI=1S/C19H36/c1-2-3-10-19(15-17-11-6-4-7-12-17)16-18-13-8-5-9-14-18/h17-19H,2-16H2,1H3. The van der Waals surface area contributed by atoms with E-state index < -0.39 is 0 Å². The van der Waals surface area contributed by atoms with Crippen molar-refractivity contribution in [1.82, 2.24) is 0 Å². The monoisotopic (exact) mass is 264 g/mol. The molecule has 0 heteroatoms. The van der Waals surface area contributed by atoms with Crippen molar-refractivity contribution in [2.75, 3.05) is 0 Å². The molecule has 2 fully saturated rings. The average molecular weight is 264 g/mol. The molecule has 2 saturated carbocycles. The molecule has 0 aromatic carbocycles. The van der Waals surface area contributed by atoms with E-state index in [9.17, 15) is 0 Å². The van der Waals surface area contributed by atoms with Gasteiger partial charge in [0.2, 0.25) is 0 Å². The fourth-order valence-corrected chi connectivity index (χ4v) is 4.61. The first kappa shape index (κ1) is 15.4. The van der Waals surface area contributed by atoms with Gasteiger partial charge in [0.15, 0.2) is 0 Å². The van der Waals surface area contributed by atoms with Crippen LogP contribution in [0.15, 0.2) is 0 Å². The molecular weight excluding hydrogens is 228 g/mol. The van der Waals surface area contributed by atoms with E-state index in [2.05, 4.69) is 6.92 Å². The van der Waals surface area contributed by atoms with Gasteiger partial charge in [0.05, 0.1) is 0 Å². The van der Waals surface area contributed by atoms with Gasteiger partial charge in [0, 0.05) is 0 Å². The number of hydrogen-bond acceptors (Lipinski definition) is 0. The van der Waals surface area contributed by atoms with E-state index in [1.807, 2.05) is 0 Å². The first-order chi connectivity index (χ1) is 9.38. The molecular formula is C19H36. The van der Waals surface area contributed by atoms with Crippen LogP contribution in [-0.4, -0.2) is 0 Å². The molecule has 0 unspecified atom stereocenters. The zero-order valence-electron chi connectivity index (χ0n) is 13.3. The Bertz CT molecular complexity index is 188. The van der Waals surface area contributed by atoms with E-state index in [1.54, 1.807) is 38.5 Å². The summed E-state index contributed by atoms with van der Waals surface area (Å²) < 4.78 is 0. The summed E-state index contributed by atoms with van der Waals surface area (Å²) in [4.78, 5) is 0. The third-order valence-electron chi connectivity index (χ3n) is 5.75. The second-order valence-electron chi connectivity index (χ2n) is 7.49. The third-order valence-corrected chi connectivity index (χ3v) is 5.75. The molecule has 0 aliphatic heterocycles. The van der Waals surface area contributed by atoms with Crippen LogP contribution >= 0.6 is 0 Å². The molecule has 0 spiro atoms. The minimum atomic E-state index is 1.08. The number of unbranched alkanes of at least 4 members (excludes halogenated alkanes) is 1. The Morgan fingerprint density at radius 2 is 1.21 bits per heavy atom. The van der Waals surface area contributed by atoms with Crippen molar-refractivity contribution < 1.29 is 0 Å². The highest BCUT2D eigenvalue weighted by molar-refractivity contribution is 4.75. The van der Waals surface area contributed by atoms with Gasteiger partial charge < -0.3 is 0 Å². The summed E-state index contributed by atoms with van der Waals surface area (Å²) in [7, 11) is 0. The summed E-state index contributed by atoms with van der Waals surface area (Å²) >= 11 is 0. The van der Waals surface area contributed by atoms with Crippen molar-refractivity contribution in [1.29, 1.82) is 0 Å². The van der Waals surface area contributed by atoms with Crippen molar-refractivity contribution in [2.24, 2.45) is 17.8 Å². The van der Waals surface area contributed by atoms with Crippen LogP contribution in [0.3, 0.4) is 0 Å². The summed E-state index contributed by atoms with van der Waals surface area (Å²) in [5.74, 6) is 3.27. The maximum absolute atomic E-state index is 2.36. The van der Waals surface area contributed by atoms with Crippen LogP contribution in [0, 0.1) is 17.8 Å². The van der Waals surface area contributed by atoms with Crippen molar-refractivity contribution >= 4 is 0 Å². The van der Waals surface area contributed by atoms with E-state index in [0.29, 0.717) is 0 Å². The van der Waals surface area contributed by atoms with E-state index in [1.165, 1.54) is 57.8 Å². The molecule has 0 N–H and O–H groups in total. The molecule has 0 aromatic rings. The van der Waals surface area contributed by atoms with Crippen LogP contribution in [0.25, 0.3) is 0 Å². The Labute approximate surface area is 121 Å². The van der Waals surface area contributed by atoms with Crippen molar-refractivity contribution in [3.63, 3.8) is 0 Å². The first-order valence-corrected chi connectivity index (χ1v) is 9.38. The zero-order chi connectivity index (χ0) is 13.3. The van der Waals surface area contributed by atoms with Crippen LogP contribution in [0.1, 0.15) is 103 Å². The SMILES string of the molecule is CCCCC(CC1CCCCC1)CC1CCCCC1. The summed E-state index contributed by atoms with van der Waals surface area (Å²) in [6, 6.07) is 0. The molecule has 0 bridgehead atoms. The molecule has 0 heterocycles. The van der Waals surface area contributed by atoms with Gasteiger partial charge >= 0.3 is 0 Å². The molecule has 2 aliphatic rings. The quantitative estimate of drug-likeness (QED) is 0.478. The van der Waals surface area contributed by atoms with Gasteiger partial charge in [-0.1, -0.05) is 90.4 Å². The molecule has 0 atom stereocenters. The van der Waals surface area contributed by atoms with E-state index in [0.717, 1.165) is 17.8 Å².